The van der Waals surface area contributed by atoms with Crippen LogP contribution in [0.15, 0.2) is 78.9 Å². The second-order valence-electron chi connectivity index (χ2n) is 5.90. The predicted molar refractivity (Wildman–Crippen MR) is 103 cm³/mol. The van der Waals surface area contributed by atoms with Gasteiger partial charge in [0.15, 0.2) is 0 Å². The summed E-state index contributed by atoms with van der Waals surface area (Å²) < 4.78 is 24.4. The van der Waals surface area contributed by atoms with Crippen LogP contribution in [0.3, 0.4) is 0 Å². The van der Waals surface area contributed by atoms with E-state index in [9.17, 15) is 14.0 Å². The highest BCUT2D eigenvalue weighted by Gasteiger charge is 2.27. The van der Waals surface area contributed by atoms with Gasteiger partial charge in [-0.25, -0.2) is 9.18 Å². The van der Waals surface area contributed by atoms with E-state index in [0.717, 1.165) is 6.07 Å². The molecule has 0 heterocycles. The summed E-state index contributed by atoms with van der Waals surface area (Å²) in [5, 5.41) is 2.70. The maximum atomic E-state index is 13.9. The fraction of sp³-hybridized carbons (Fsp3) is 0.0909. The van der Waals surface area contributed by atoms with Crippen LogP contribution in [0.1, 0.15) is 22.0 Å². The molecule has 0 saturated heterocycles. The Balaban J connectivity index is 1.86. The molecule has 3 aromatic rings. The van der Waals surface area contributed by atoms with E-state index < -0.39 is 23.8 Å². The van der Waals surface area contributed by atoms with Crippen molar-refractivity contribution < 1.29 is 23.5 Å². The lowest BCUT2D eigenvalue weighted by Crippen LogP contribution is -2.26. The number of anilines is 1. The fourth-order valence-corrected chi connectivity index (χ4v) is 2.61. The maximum absolute atomic E-state index is 13.9. The van der Waals surface area contributed by atoms with Crippen LogP contribution >= 0.6 is 0 Å². The van der Waals surface area contributed by atoms with Gasteiger partial charge in [-0.05, 0) is 24.3 Å². The first kappa shape index (κ1) is 19.1. The average Bonchev–Trinajstić information content (AvgIpc) is 2.73. The summed E-state index contributed by atoms with van der Waals surface area (Å²) in [6.45, 7) is 0. The van der Waals surface area contributed by atoms with Crippen molar-refractivity contribution in [3.63, 3.8) is 0 Å². The molecule has 1 N–H and O–H groups in total. The summed E-state index contributed by atoms with van der Waals surface area (Å²) in [6, 6.07) is 20.8. The average molecular weight is 379 g/mol. The van der Waals surface area contributed by atoms with Crippen LogP contribution in [-0.4, -0.2) is 19.0 Å². The van der Waals surface area contributed by atoms with Crippen molar-refractivity contribution in [3.8, 4) is 5.75 Å². The molecule has 0 aliphatic rings. The van der Waals surface area contributed by atoms with Crippen LogP contribution < -0.4 is 10.1 Å². The number of amides is 1. The summed E-state index contributed by atoms with van der Waals surface area (Å²) >= 11 is 0. The molecule has 142 valence electrons. The lowest BCUT2D eigenvalue weighted by Gasteiger charge is -2.18. The Kier molecular flexibility index (Phi) is 6.01. The molecule has 0 radical (unpaired) electrons. The highest BCUT2D eigenvalue weighted by molar-refractivity contribution is 5.98. The van der Waals surface area contributed by atoms with E-state index in [1.807, 2.05) is 0 Å². The van der Waals surface area contributed by atoms with E-state index in [0.29, 0.717) is 17.0 Å². The molecule has 3 rings (SSSR count). The summed E-state index contributed by atoms with van der Waals surface area (Å²) in [7, 11) is 1.52. The van der Waals surface area contributed by atoms with Crippen molar-refractivity contribution in [2.24, 2.45) is 0 Å². The van der Waals surface area contributed by atoms with Gasteiger partial charge in [0.05, 0.1) is 12.7 Å². The highest BCUT2D eigenvalue weighted by Crippen LogP contribution is 2.24. The summed E-state index contributed by atoms with van der Waals surface area (Å²) in [5.41, 5.74) is 0.706. The van der Waals surface area contributed by atoms with Crippen molar-refractivity contribution >= 4 is 17.6 Å². The number of rotatable bonds is 6. The number of carbonyl (C=O) groups is 2. The van der Waals surface area contributed by atoms with Gasteiger partial charge in [0, 0.05) is 17.3 Å². The number of methoxy groups -OCH3 is 1. The molecular formula is C22H18FNO4. The van der Waals surface area contributed by atoms with Gasteiger partial charge in [-0.1, -0.05) is 48.5 Å². The first-order valence-electron chi connectivity index (χ1n) is 8.54. The van der Waals surface area contributed by atoms with Gasteiger partial charge < -0.3 is 14.8 Å². The second-order valence-corrected chi connectivity index (χ2v) is 5.90. The van der Waals surface area contributed by atoms with Crippen LogP contribution in [-0.2, 0) is 9.53 Å². The molecule has 1 atom stereocenters. The minimum Gasteiger partial charge on any atom is -0.497 e. The topological polar surface area (TPSA) is 64.6 Å². The molecule has 5 nitrogen and oxygen atoms in total. The normalized spacial score (nSPS) is 11.4. The second kappa shape index (κ2) is 8.81. The molecule has 0 aliphatic heterocycles. The summed E-state index contributed by atoms with van der Waals surface area (Å²) in [6.07, 6.45) is -1.25. The van der Waals surface area contributed by atoms with Crippen molar-refractivity contribution in [2.75, 3.05) is 12.4 Å². The SMILES string of the molecule is COc1cccc(NC(=O)[C@H](OC(=O)c2ccccc2F)c2ccccc2)c1. The lowest BCUT2D eigenvalue weighted by molar-refractivity contribution is -0.125. The van der Waals surface area contributed by atoms with Crippen molar-refractivity contribution in [1.29, 1.82) is 0 Å². The Morgan fingerprint density at radius 3 is 2.36 bits per heavy atom. The minimum atomic E-state index is -1.25. The van der Waals surface area contributed by atoms with Crippen molar-refractivity contribution in [3.05, 3.63) is 95.8 Å². The van der Waals surface area contributed by atoms with Gasteiger partial charge in [0.2, 0.25) is 6.10 Å². The zero-order valence-electron chi connectivity index (χ0n) is 15.1. The first-order valence-corrected chi connectivity index (χ1v) is 8.54. The largest absolute Gasteiger partial charge is 0.497 e. The smallest absolute Gasteiger partial charge is 0.342 e. The summed E-state index contributed by atoms with van der Waals surface area (Å²) in [4.78, 5) is 25.3. The quantitative estimate of drug-likeness (QED) is 0.646. The van der Waals surface area contributed by atoms with E-state index in [4.69, 9.17) is 9.47 Å². The Labute approximate surface area is 161 Å². The Morgan fingerprint density at radius 2 is 1.64 bits per heavy atom. The molecule has 0 aromatic heterocycles. The molecule has 0 fully saturated rings. The van der Waals surface area contributed by atoms with E-state index in [2.05, 4.69) is 5.32 Å². The Morgan fingerprint density at radius 1 is 0.929 bits per heavy atom. The Bertz CT molecular complexity index is 975. The third-order valence-corrected chi connectivity index (χ3v) is 4.00. The zero-order chi connectivity index (χ0) is 19.9. The minimum absolute atomic E-state index is 0.238. The van der Waals surface area contributed by atoms with E-state index in [-0.39, 0.29) is 5.56 Å². The number of ether oxygens (including phenoxy) is 2. The number of nitrogens with one attached hydrogen (secondary N) is 1. The molecule has 0 spiro atoms. The third kappa shape index (κ3) is 4.54. The number of hydrogen-bond acceptors (Lipinski definition) is 4. The number of carbonyl (C=O) groups excluding carboxylic acids is 2. The van der Waals surface area contributed by atoms with Gasteiger partial charge >= 0.3 is 5.97 Å². The standard InChI is InChI=1S/C22H18FNO4/c1-27-17-11-7-10-16(14-17)24-21(25)20(15-8-3-2-4-9-15)28-22(26)18-12-5-6-13-19(18)23/h2-14,20H,1H3,(H,24,25)/t20-/m1/s1. The molecule has 1 amide bonds. The monoisotopic (exact) mass is 379 g/mol. The predicted octanol–water partition coefficient (Wildman–Crippen LogP) is 4.37. The van der Waals surface area contributed by atoms with E-state index in [1.165, 1.54) is 25.3 Å². The molecule has 0 unspecified atom stereocenters. The summed E-state index contributed by atoms with van der Waals surface area (Å²) in [5.74, 6) is -1.64. The van der Waals surface area contributed by atoms with Crippen LogP contribution in [0.4, 0.5) is 10.1 Å². The van der Waals surface area contributed by atoms with Crippen molar-refractivity contribution in [2.45, 2.75) is 6.10 Å². The van der Waals surface area contributed by atoms with Crippen LogP contribution in [0.25, 0.3) is 0 Å². The molecule has 28 heavy (non-hydrogen) atoms. The maximum Gasteiger partial charge on any atom is 0.342 e. The van der Waals surface area contributed by atoms with Crippen LogP contribution in [0.5, 0.6) is 5.75 Å². The van der Waals surface area contributed by atoms with E-state index in [1.54, 1.807) is 54.6 Å². The van der Waals surface area contributed by atoms with Crippen LogP contribution in [0, 0.1) is 5.82 Å². The number of benzene rings is 3. The lowest BCUT2D eigenvalue weighted by atomic mass is 10.1. The van der Waals surface area contributed by atoms with Gasteiger partial charge in [-0.2, -0.15) is 0 Å². The van der Waals surface area contributed by atoms with Gasteiger partial charge in [0.25, 0.3) is 5.91 Å². The number of hydrogen-bond donors (Lipinski definition) is 1. The van der Waals surface area contributed by atoms with Crippen LogP contribution in [0.2, 0.25) is 0 Å². The Hall–Kier alpha value is -3.67. The van der Waals surface area contributed by atoms with Gasteiger partial charge in [0.1, 0.15) is 11.6 Å². The van der Waals surface area contributed by atoms with Gasteiger partial charge in [-0.3, -0.25) is 4.79 Å². The third-order valence-electron chi connectivity index (χ3n) is 4.00. The van der Waals surface area contributed by atoms with Crippen molar-refractivity contribution in [1.82, 2.24) is 0 Å². The molecule has 0 bridgehead atoms. The zero-order valence-corrected chi connectivity index (χ0v) is 15.1. The fourth-order valence-electron chi connectivity index (χ4n) is 2.61. The first-order chi connectivity index (χ1) is 13.6. The van der Waals surface area contributed by atoms with Gasteiger partial charge in [-0.15, -0.1) is 0 Å². The molecular weight excluding hydrogens is 361 g/mol. The number of halogens is 1. The van der Waals surface area contributed by atoms with E-state index >= 15 is 0 Å². The molecule has 0 saturated carbocycles. The molecule has 3 aromatic carbocycles. The highest BCUT2D eigenvalue weighted by atomic mass is 19.1. The molecule has 0 aliphatic carbocycles. The molecule has 6 heteroatoms. The number of esters is 1.